The number of hydrogen-bond acceptors (Lipinski definition) is 4. The number of aliphatic imine (C=N–C) groups is 1. The molecule has 1 N–H and O–H groups in total. The third-order valence-corrected chi connectivity index (χ3v) is 12.4. The molecule has 2 aliphatic heterocycles. The maximum Gasteiger partial charge on any atom is 0.133 e. The fourth-order valence-corrected chi connectivity index (χ4v) is 8.85. The lowest BCUT2D eigenvalue weighted by Crippen LogP contribution is -2.33. The number of nitrogens with zero attached hydrogens (tertiary/aromatic N) is 2. The zero-order chi connectivity index (χ0) is 50.3. The summed E-state index contributed by atoms with van der Waals surface area (Å²) in [7, 11) is 0. The molecule has 0 radical (unpaired) electrons. The van der Waals surface area contributed by atoms with Gasteiger partial charge in [-0.25, -0.2) is 0 Å². The predicted octanol–water partition coefficient (Wildman–Crippen LogP) is 17.6. The molecule has 7 rings (SSSR count). The summed E-state index contributed by atoms with van der Waals surface area (Å²) in [5.74, 6) is 1.85. The summed E-state index contributed by atoms with van der Waals surface area (Å²) in [5.41, 5.74) is 14.9. The molecule has 4 atom stereocenters. The minimum atomic E-state index is 0.128. The van der Waals surface area contributed by atoms with Crippen molar-refractivity contribution in [2.45, 2.75) is 107 Å². The summed E-state index contributed by atoms with van der Waals surface area (Å²) in [6.45, 7) is 31.1. The minimum absolute atomic E-state index is 0.128. The van der Waals surface area contributed by atoms with Gasteiger partial charge >= 0.3 is 0 Å². The summed E-state index contributed by atoms with van der Waals surface area (Å²) in [4.78, 5) is 7.47. The lowest BCUT2D eigenvalue weighted by atomic mass is 9.86. The quantitative estimate of drug-likeness (QED) is 0.0995. The van der Waals surface area contributed by atoms with Crippen molar-refractivity contribution >= 4 is 22.5 Å². The molecule has 4 heteroatoms. The molecule has 0 saturated carbocycles. The highest BCUT2D eigenvalue weighted by Crippen LogP contribution is 2.51. The fourth-order valence-electron chi connectivity index (χ4n) is 8.85. The first kappa shape index (κ1) is 54.7. The number of anilines is 1. The average Bonchev–Trinajstić information content (AvgIpc) is 3.86. The molecule has 4 nitrogen and oxygen atoms in total. The van der Waals surface area contributed by atoms with Gasteiger partial charge in [-0.1, -0.05) is 196 Å². The van der Waals surface area contributed by atoms with E-state index in [9.17, 15) is 5.11 Å². The van der Waals surface area contributed by atoms with Crippen molar-refractivity contribution in [1.29, 1.82) is 0 Å². The van der Waals surface area contributed by atoms with Crippen molar-refractivity contribution in [3.8, 4) is 5.75 Å². The third-order valence-electron chi connectivity index (χ3n) is 12.4. The lowest BCUT2D eigenvalue weighted by Gasteiger charge is -2.30. The van der Waals surface area contributed by atoms with E-state index in [0.717, 1.165) is 58.8 Å². The van der Waals surface area contributed by atoms with Gasteiger partial charge in [-0.3, -0.25) is 4.99 Å². The maximum atomic E-state index is 11.3. The molecule has 0 saturated heterocycles. The number of allylic oxidation sites excluding steroid dienone is 20. The van der Waals surface area contributed by atoms with Crippen molar-refractivity contribution in [1.82, 2.24) is 0 Å². The SMILES string of the molecule is C/C=C/C/C(=C\C)C(=NC(C)c1ccccc1)c1ccc(C)cc1.C/C=C\C1=C(C)OC2C=CC=CC12.C=C/C=C\C=C/CN1c2ccc(C(/C=C\C)=C/C)c(O)c2C2=CC(C=C)=C(C)CC21.CC. The Labute approximate surface area is 417 Å². The Balaban J connectivity index is 0.000000236. The highest BCUT2D eigenvalue weighted by molar-refractivity contribution is 6.13. The van der Waals surface area contributed by atoms with Gasteiger partial charge in [0.05, 0.1) is 23.6 Å². The van der Waals surface area contributed by atoms with Crippen LogP contribution in [0.3, 0.4) is 0 Å². The van der Waals surface area contributed by atoms with Crippen LogP contribution in [0.25, 0.3) is 11.1 Å². The van der Waals surface area contributed by atoms with E-state index in [-0.39, 0.29) is 18.2 Å². The zero-order valence-corrected chi connectivity index (χ0v) is 43.4. The van der Waals surface area contributed by atoms with Crippen molar-refractivity contribution in [3.63, 3.8) is 0 Å². The van der Waals surface area contributed by atoms with Gasteiger partial charge in [0.25, 0.3) is 0 Å². The molecule has 3 aromatic rings. The molecule has 2 aliphatic carbocycles. The molecular weight excluding hydrogens is 841 g/mol. The molecule has 69 heavy (non-hydrogen) atoms. The van der Waals surface area contributed by atoms with E-state index in [4.69, 9.17) is 9.73 Å². The molecule has 0 spiro atoms. The van der Waals surface area contributed by atoms with Crippen LogP contribution in [0.1, 0.15) is 116 Å². The van der Waals surface area contributed by atoms with Crippen molar-refractivity contribution < 1.29 is 9.84 Å². The van der Waals surface area contributed by atoms with Gasteiger partial charge in [0.1, 0.15) is 11.9 Å². The number of phenolic OH excluding ortho intramolecular Hbond substituents is 1. The second-order valence-corrected chi connectivity index (χ2v) is 17.0. The van der Waals surface area contributed by atoms with Crippen LogP contribution < -0.4 is 4.90 Å². The van der Waals surface area contributed by atoms with Gasteiger partial charge in [-0.05, 0) is 133 Å². The van der Waals surface area contributed by atoms with E-state index >= 15 is 0 Å². The second kappa shape index (κ2) is 28.4. The molecule has 360 valence electrons. The Morgan fingerprint density at radius 3 is 2.20 bits per heavy atom. The summed E-state index contributed by atoms with van der Waals surface area (Å²) in [6, 6.07) is 23.6. The second-order valence-electron chi connectivity index (χ2n) is 17.0. The van der Waals surface area contributed by atoms with Crippen LogP contribution in [-0.4, -0.2) is 29.5 Å². The Hall–Kier alpha value is -6.91. The third kappa shape index (κ3) is 14.3. The first-order valence-corrected chi connectivity index (χ1v) is 24.8. The predicted molar refractivity (Wildman–Crippen MR) is 303 cm³/mol. The van der Waals surface area contributed by atoms with Crippen molar-refractivity contribution in [3.05, 3.63) is 251 Å². The van der Waals surface area contributed by atoms with Gasteiger partial charge in [-0.2, -0.15) is 0 Å². The van der Waals surface area contributed by atoms with Crippen molar-refractivity contribution in [2.24, 2.45) is 10.9 Å². The average molecular weight is 919 g/mol. The Morgan fingerprint density at radius 2 is 1.57 bits per heavy atom. The largest absolute Gasteiger partial charge is 0.507 e. The van der Waals surface area contributed by atoms with Gasteiger partial charge in [0.15, 0.2) is 0 Å². The van der Waals surface area contributed by atoms with Crippen LogP contribution in [-0.2, 0) is 4.74 Å². The topological polar surface area (TPSA) is 45.1 Å². The molecular formula is C65H78N2O2. The molecule has 0 amide bonds. The molecule has 4 aliphatic rings. The van der Waals surface area contributed by atoms with Crippen LogP contribution in [0.5, 0.6) is 5.75 Å². The summed E-state index contributed by atoms with van der Waals surface area (Å²) >= 11 is 0. The number of fused-ring (bicyclic) bond motifs is 4. The standard InChI is InChI=1S/C28H31NO.C23H27N.C12H14O.C2H6/c1-6-10-11-12-13-17-29-25-16-15-23(21(8-3)14-7-2)28(30)27(25)24-19-22(9-4)20(5)18-26(24)29;1-5-7-11-20(6-2)23(22-16-14-18(3)15-17-22)24-19(4)21-12-9-8-10-13-21;1-3-6-10-9(2)13-12-8-5-4-7-11(10)12;1-2/h6-16,19,26,30H,1,4,17-18H2,2-3,5H3;5-10,12-17,19H,11H2,1-4H3;3-8,11-12H,1-2H3;1-2H3/b11-10-,13-12-,14-7-,21-8+;7-5+,20-6+,24-23?;6-3-;. The van der Waals surface area contributed by atoms with E-state index in [1.807, 2.05) is 102 Å². The maximum absolute atomic E-state index is 11.3. The molecule has 0 fully saturated rings. The number of ether oxygens (including phenoxy) is 1. The van der Waals surface area contributed by atoms with Gasteiger partial charge < -0.3 is 14.7 Å². The number of hydrogen-bond donors (Lipinski definition) is 1. The lowest BCUT2D eigenvalue weighted by molar-refractivity contribution is 0.166. The van der Waals surface area contributed by atoms with E-state index in [1.165, 1.54) is 39.0 Å². The molecule has 4 unspecified atom stereocenters. The molecule has 0 bridgehead atoms. The Morgan fingerprint density at radius 1 is 0.841 bits per heavy atom. The number of benzene rings is 3. The molecule has 0 aromatic heterocycles. The normalized spacial score (nSPS) is 19.2. The van der Waals surface area contributed by atoms with Crippen LogP contribution in [0, 0.1) is 12.8 Å². The van der Waals surface area contributed by atoms with Gasteiger partial charge in [0, 0.05) is 34.9 Å². The van der Waals surface area contributed by atoms with E-state index < -0.39 is 0 Å². The monoisotopic (exact) mass is 919 g/mol. The summed E-state index contributed by atoms with van der Waals surface area (Å²) < 4.78 is 5.72. The zero-order valence-electron chi connectivity index (χ0n) is 43.4. The van der Waals surface area contributed by atoms with Crippen LogP contribution >= 0.6 is 0 Å². The number of aryl methyl sites for hydroxylation is 1. The van der Waals surface area contributed by atoms with Gasteiger partial charge in [-0.15, -0.1) is 0 Å². The Bertz CT molecular complexity index is 2610. The number of rotatable bonds is 14. The van der Waals surface area contributed by atoms with E-state index in [2.05, 4.69) is 168 Å². The van der Waals surface area contributed by atoms with Crippen LogP contribution in [0.2, 0.25) is 0 Å². The first-order chi connectivity index (χ1) is 33.5. The number of phenols is 1. The summed E-state index contributed by atoms with van der Waals surface area (Å²) in [6.07, 6.45) is 41.2. The highest BCUT2D eigenvalue weighted by Gasteiger charge is 2.38. The van der Waals surface area contributed by atoms with Crippen molar-refractivity contribution in [2.75, 3.05) is 11.4 Å². The number of aromatic hydroxyl groups is 1. The van der Waals surface area contributed by atoms with Gasteiger partial charge in [0.2, 0.25) is 0 Å². The minimum Gasteiger partial charge on any atom is -0.507 e. The van der Waals surface area contributed by atoms with Crippen LogP contribution in [0.15, 0.2) is 228 Å². The van der Waals surface area contributed by atoms with E-state index in [1.54, 1.807) is 6.08 Å². The fraction of sp³-hybridized carbons (Fsp3) is 0.277. The highest BCUT2D eigenvalue weighted by atomic mass is 16.5. The smallest absolute Gasteiger partial charge is 0.133 e. The first-order valence-electron chi connectivity index (χ1n) is 24.8. The van der Waals surface area contributed by atoms with E-state index in [0.29, 0.717) is 11.7 Å². The molecule has 2 heterocycles. The molecule has 3 aromatic carbocycles. The Kier molecular flexibility index (Phi) is 22.5. The van der Waals surface area contributed by atoms with Crippen LogP contribution in [0.4, 0.5) is 5.69 Å². The summed E-state index contributed by atoms with van der Waals surface area (Å²) in [5, 5.41) is 11.3.